The van der Waals surface area contributed by atoms with Crippen LogP contribution in [0.1, 0.15) is 284 Å². The highest BCUT2D eigenvalue weighted by atomic mass is 16.7. The van der Waals surface area contributed by atoms with Crippen molar-refractivity contribution < 1.29 is 39.8 Å². The van der Waals surface area contributed by atoms with Crippen LogP contribution in [0, 0.1) is 0 Å². The number of nitrogens with one attached hydrogen (secondary N) is 1. The Morgan fingerprint density at radius 3 is 1.20 bits per heavy atom. The Bertz CT molecular complexity index is 1030. The highest BCUT2D eigenvalue weighted by molar-refractivity contribution is 5.76. The molecule has 0 aliphatic carbocycles. The van der Waals surface area contributed by atoms with Crippen molar-refractivity contribution in [3.8, 4) is 0 Å². The first-order valence-electron chi connectivity index (χ1n) is 28.4. The van der Waals surface area contributed by atoms with Crippen molar-refractivity contribution in [2.24, 2.45) is 0 Å². The number of hydrogen-bond donors (Lipinski definition) is 6. The van der Waals surface area contributed by atoms with E-state index >= 15 is 0 Å². The summed E-state index contributed by atoms with van der Waals surface area (Å²) in [6, 6.07) is -0.800. The molecule has 7 unspecified atom stereocenters. The second kappa shape index (κ2) is 46.6. The van der Waals surface area contributed by atoms with Gasteiger partial charge in [0, 0.05) is 6.42 Å². The van der Waals surface area contributed by atoms with Gasteiger partial charge in [0.1, 0.15) is 24.4 Å². The highest BCUT2D eigenvalue weighted by Gasteiger charge is 2.44. The van der Waals surface area contributed by atoms with Crippen LogP contribution in [0.5, 0.6) is 0 Å². The molecular weight excluding hydrogens is 815 g/mol. The zero-order chi connectivity index (χ0) is 47.3. The van der Waals surface area contributed by atoms with Gasteiger partial charge in [-0.2, -0.15) is 0 Å². The number of hydrogen-bond acceptors (Lipinski definition) is 8. The van der Waals surface area contributed by atoms with Crippen LogP contribution in [0.15, 0.2) is 12.2 Å². The van der Waals surface area contributed by atoms with E-state index in [2.05, 4.69) is 19.2 Å². The number of carbonyl (C=O) groups excluding carboxylic acids is 1. The van der Waals surface area contributed by atoms with Crippen LogP contribution in [-0.4, -0.2) is 87.5 Å². The van der Waals surface area contributed by atoms with Crippen LogP contribution in [0.4, 0.5) is 0 Å². The van der Waals surface area contributed by atoms with Crippen molar-refractivity contribution in [1.29, 1.82) is 0 Å². The fourth-order valence-electron chi connectivity index (χ4n) is 9.34. The third kappa shape index (κ3) is 36.6. The summed E-state index contributed by atoms with van der Waals surface area (Å²) < 4.78 is 11.3. The quantitative estimate of drug-likeness (QED) is 0.0261. The first-order valence-corrected chi connectivity index (χ1v) is 28.4. The van der Waals surface area contributed by atoms with E-state index in [0.717, 1.165) is 38.5 Å². The van der Waals surface area contributed by atoms with Crippen molar-refractivity contribution in [2.75, 3.05) is 13.2 Å². The molecule has 9 heteroatoms. The maximum atomic E-state index is 13.0. The van der Waals surface area contributed by atoms with E-state index in [1.807, 2.05) is 6.08 Å². The number of aliphatic hydroxyl groups excluding tert-OH is 5. The number of aliphatic hydroxyl groups is 5. The lowest BCUT2D eigenvalue weighted by Crippen LogP contribution is -2.60. The molecule has 6 N–H and O–H groups in total. The van der Waals surface area contributed by atoms with Crippen molar-refractivity contribution in [3.05, 3.63) is 12.2 Å². The molecule has 0 bridgehead atoms. The Morgan fingerprint density at radius 1 is 0.508 bits per heavy atom. The molecule has 1 rings (SSSR count). The number of carbonyl (C=O) groups is 1. The molecule has 0 aromatic rings. The summed E-state index contributed by atoms with van der Waals surface area (Å²) in [6.45, 7) is 3.82. The Kier molecular flexibility index (Phi) is 44.5. The fourth-order valence-corrected chi connectivity index (χ4v) is 9.34. The molecule has 1 aliphatic rings. The molecule has 1 saturated heterocycles. The molecule has 1 amide bonds. The van der Waals surface area contributed by atoms with Crippen LogP contribution in [-0.2, 0) is 14.3 Å². The zero-order valence-corrected chi connectivity index (χ0v) is 42.8. The summed E-state index contributed by atoms with van der Waals surface area (Å²) in [7, 11) is 0. The lowest BCUT2D eigenvalue weighted by atomic mass is 9.99. The number of allylic oxidation sites excluding steroid dienone is 1. The molecule has 65 heavy (non-hydrogen) atoms. The third-order valence-electron chi connectivity index (χ3n) is 13.9. The summed E-state index contributed by atoms with van der Waals surface area (Å²) in [6.07, 6.45) is 49.8. The first kappa shape index (κ1) is 61.9. The Balaban J connectivity index is 2.23. The van der Waals surface area contributed by atoms with Crippen LogP contribution >= 0.6 is 0 Å². The van der Waals surface area contributed by atoms with Gasteiger partial charge < -0.3 is 40.3 Å². The van der Waals surface area contributed by atoms with E-state index in [1.165, 1.54) is 225 Å². The molecule has 0 aromatic heterocycles. The predicted octanol–water partition coefficient (Wildman–Crippen LogP) is 13.6. The highest BCUT2D eigenvalue weighted by Crippen LogP contribution is 2.23. The number of rotatable bonds is 49. The molecule has 0 spiro atoms. The Morgan fingerprint density at radius 2 is 0.846 bits per heavy atom. The average molecular weight is 924 g/mol. The number of unbranched alkanes of at least 4 members (excludes halogenated alkanes) is 39. The van der Waals surface area contributed by atoms with Gasteiger partial charge in [0.2, 0.25) is 5.91 Å². The fraction of sp³-hybridized carbons (Fsp3) is 0.946. The van der Waals surface area contributed by atoms with Gasteiger partial charge in [-0.3, -0.25) is 4.79 Å². The summed E-state index contributed by atoms with van der Waals surface area (Å²) in [5.74, 6) is -0.170. The van der Waals surface area contributed by atoms with Gasteiger partial charge in [0.05, 0.1) is 25.4 Å². The van der Waals surface area contributed by atoms with Crippen LogP contribution in [0.3, 0.4) is 0 Å². The molecule has 0 aromatic carbocycles. The van der Waals surface area contributed by atoms with Crippen molar-refractivity contribution in [3.63, 3.8) is 0 Å². The molecule has 7 atom stereocenters. The van der Waals surface area contributed by atoms with Crippen LogP contribution < -0.4 is 5.32 Å². The topological polar surface area (TPSA) is 149 Å². The SMILES string of the molecule is CCCCCCCCCCCCCCCCCCCC/C=C/C(O)C(COC1OC(CO)C(O)C(O)C1O)NC(=O)CCCCCCCCCCCCCCCCCCCCCCCC. The van der Waals surface area contributed by atoms with Crippen LogP contribution in [0.2, 0.25) is 0 Å². The molecule has 1 heterocycles. The largest absolute Gasteiger partial charge is 0.394 e. The first-order chi connectivity index (χ1) is 31.8. The summed E-state index contributed by atoms with van der Waals surface area (Å²) in [4.78, 5) is 13.0. The van der Waals surface area contributed by atoms with Gasteiger partial charge in [-0.15, -0.1) is 0 Å². The average Bonchev–Trinajstić information content (AvgIpc) is 3.31. The number of ether oxygens (including phenoxy) is 2. The van der Waals surface area contributed by atoms with Crippen molar-refractivity contribution in [1.82, 2.24) is 5.32 Å². The minimum atomic E-state index is -1.56. The molecule has 0 radical (unpaired) electrons. The summed E-state index contributed by atoms with van der Waals surface area (Å²) in [5.41, 5.74) is 0. The summed E-state index contributed by atoms with van der Waals surface area (Å²) >= 11 is 0. The van der Waals surface area contributed by atoms with Crippen molar-refractivity contribution in [2.45, 2.75) is 326 Å². The molecule has 9 nitrogen and oxygen atoms in total. The van der Waals surface area contributed by atoms with E-state index in [0.29, 0.717) is 6.42 Å². The molecule has 0 saturated carbocycles. The predicted molar refractivity (Wildman–Crippen MR) is 272 cm³/mol. The van der Waals surface area contributed by atoms with Gasteiger partial charge in [0.25, 0.3) is 0 Å². The van der Waals surface area contributed by atoms with Crippen molar-refractivity contribution >= 4 is 5.91 Å². The lowest BCUT2D eigenvalue weighted by molar-refractivity contribution is -0.302. The van der Waals surface area contributed by atoms with E-state index < -0.39 is 49.5 Å². The van der Waals surface area contributed by atoms with E-state index in [4.69, 9.17) is 9.47 Å². The standard InChI is InChI=1S/C56H109NO8/c1-3-5-7-9-11-13-15-17-19-21-23-25-26-28-30-32-34-36-38-40-42-44-46-52(60)57-49(48-64-56-55(63)54(62)53(61)51(47-58)65-56)50(59)45-43-41-39-37-35-33-31-29-27-24-22-20-18-16-14-12-10-8-6-4-2/h43,45,49-51,53-56,58-59,61-63H,3-42,44,46-48H2,1-2H3,(H,57,60)/b45-43+. The molecule has 386 valence electrons. The zero-order valence-electron chi connectivity index (χ0n) is 42.8. The molecular formula is C56H109NO8. The van der Waals surface area contributed by atoms with E-state index in [1.54, 1.807) is 6.08 Å². The monoisotopic (exact) mass is 924 g/mol. The van der Waals surface area contributed by atoms with E-state index in [-0.39, 0.29) is 12.5 Å². The third-order valence-corrected chi connectivity index (χ3v) is 13.9. The smallest absolute Gasteiger partial charge is 0.220 e. The van der Waals surface area contributed by atoms with Gasteiger partial charge in [-0.05, 0) is 19.3 Å². The minimum absolute atomic E-state index is 0.170. The second-order valence-corrected chi connectivity index (χ2v) is 20.1. The van der Waals surface area contributed by atoms with Gasteiger partial charge in [-0.25, -0.2) is 0 Å². The van der Waals surface area contributed by atoms with Gasteiger partial charge >= 0.3 is 0 Å². The maximum absolute atomic E-state index is 13.0. The lowest BCUT2D eigenvalue weighted by Gasteiger charge is -2.40. The summed E-state index contributed by atoms with van der Waals surface area (Å²) in [5, 5.41) is 54.5. The number of amides is 1. The van der Waals surface area contributed by atoms with E-state index in [9.17, 15) is 30.3 Å². The second-order valence-electron chi connectivity index (χ2n) is 20.1. The maximum Gasteiger partial charge on any atom is 0.220 e. The normalized spacial score (nSPS) is 19.9. The van der Waals surface area contributed by atoms with Gasteiger partial charge in [-0.1, -0.05) is 270 Å². The minimum Gasteiger partial charge on any atom is -0.394 e. The van der Waals surface area contributed by atoms with Gasteiger partial charge in [0.15, 0.2) is 6.29 Å². The van der Waals surface area contributed by atoms with Crippen LogP contribution in [0.25, 0.3) is 0 Å². The molecule has 1 fully saturated rings. The Hall–Kier alpha value is -1.07. The Labute approximate surface area is 401 Å². The molecule has 1 aliphatic heterocycles.